The zero-order valence-electron chi connectivity index (χ0n) is 19.2. The van der Waals surface area contributed by atoms with E-state index in [1.807, 2.05) is 25.1 Å². The van der Waals surface area contributed by atoms with Gasteiger partial charge in [-0.2, -0.15) is 0 Å². The van der Waals surface area contributed by atoms with E-state index in [0.29, 0.717) is 17.2 Å². The Bertz CT molecular complexity index is 1210. The number of amides is 1. The van der Waals surface area contributed by atoms with E-state index < -0.39 is 10.0 Å². The summed E-state index contributed by atoms with van der Waals surface area (Å²) in [5.41, 5.74) is 2.05. The first-order valence-corrected chi connectivity index (χ1v) is 11.8. The average Bonchev–Trinajstić information content (AvgIpc) is 2.83. The standard InChI is InChI=1S/C25H28N2O5S/c1-19-10-8-9-13-22(19)27(33(29,30)21-11-6-5-7-12-21)18-25(28)26(2)17-20-14-15-23(31-3)24(16-20)32-4/h5-16H,17-18H2,1-4H3. The van der Waals surface area contributed by atoms with E-state index >= 15 is 0 Å². The van der Waals surface area contributed by atoms with Crippen LogP contribution in [0.1, 0.15) is 11.1 Å². The minimum absolute atomic E-state index is 0.128. The number of carbonyl (C=O) groups excluding carboxylic acids is 1. The first kappa shape index (κ1) is 24.1. The van der Waals surface area contributed by atoms with Crippen LogP contribution in [0.3, 0.4) is 0 Å². The maximum atomic E-state index is 13.5. The number of benzene rings is 3. The summed E-state index contributed by atoms with van der Waals surface area (Å²) in [5, 5.41) is 0. The molecule has 33 heavy (non-hydrogen) atoms. The largest absolute Gasteiger partial charge is 0.493 e. The van der Waals surface area contributed by atoms with Gasteiger partial charge in [-0.3, -0.25) is 9.10 Å². The van der Waals surface area contributed by atoms with Crippen LogP contribution in [0.15, 0.2) is 77.7 Å². The van der Waals surface area contributed by atoms with Crippen molar-refractivity contribution < 1.29 is 22.7 Å². The third kappa shape index (κ3) is 5.46. The highest BCUT2D eigenvalue weighted by Gasteiger charge is 2.29. The predicted octanol–water partition coefficient (Wildman–Crippen LogP) is 3.87. The molecule has 0 spiro atoms. The smallest absolute Gasteiger partial charge is 0.264 e. The molecule has 3 aromatic rings. The first-order valence-electron chi connectivity index (χ1n) is 10.4. The summed E-state index contributed by atoms with van der Waals surface area (Å²) in [7, 11) is 0.797. The van der Waals surface area contributed by atoms with Gasteiger partial charge in [0, 0.05) is 13.6 Å². The fourth-order valence-electron chi connectivity index (χ4n) is 3.45. The van der Waals surface area contributed by atoms with E-state index in [4.69, 9.17) is 9.47 Å². The lowest BCUT2D eigenvalue weighted by Crippen LogP contribution is -2.41. The van der Waals surface area contributed by atoms with Crippen molar-refractivity contribution in [1.82, 2.24) is 4.90 Å². The summed E-state index contributed by atoms with van der Waals surface area (Å²) in [4.78, 5) is 14.8. The monoisotopic (exact) mass is 468 g/mol. The Hall–Kier alpha value is -3.52. The number of carbonyl (C=O) groups is 1. The Morgan fingerprint density at radius 3 is 2.15 bits per heavy atom. The molecule has 0 unspecified atom stereocenters. The number of para-hydroxylation sites is 1. The van der Waals surface area contributed by atoms with E-state index in [9.17, 15) is 13.2 Å². The van der Waals surface area contributed by atoms with Crippen molar-refractivity contribution in [3.05, 3.63) is 83.9 Å². The molecule has 0 bridgehead atoms. The lowest BCUT2D eigenvalue weighted by atomic mass is 10.2. The second-order valence-corrected chi connectivity index (χ2v) is 9.41. The van der Waals surface area contributed by atoms with Crippen LogP contribution in [0.25, 0.3) is 0 Å². The van der Waals surface area contributed by atoms with Crippen molar-refractivity contribution in [3.8, 4) is 11.5 Å². The third-order valence-corrected chi connectivity index (χ3v) is 7.06. The molecule has 0 fully saturated rings. The molecule has 0 heterocycles. The molecule has 7 nitrogen and oxygen atoms in total. The predicted molar refractivity (Wildman–Crippen MR) is 128 cm³/mol. The molecule has 0 aromatic heterocycles. The molecule has 0 N–H and O–H groups in total. The molecule has 0 radical (unpaired) electrons. The molecular formula is C25H28N2O5S. The van der Waals surface area contributed by atoms with E-state index in [-0.39, 0.29) is 23.9 Å². The highest BCUT2D eigenvalue weighted by Crippen LogP contribution is 2.29. The number of nitrogens with zero attached hydrogens (tertiary/aromatic N) is 2. The van der Waals surface area contributed by atoms with Gasteiger partial charge in [0.15, 0.2) is 11.5 Å². The van der Waals surface area contributed by atoms with E-state index in [1.54, 1.807) is 63.7 Å². The SMILES string of the molecule is COc1ccc(CN(C)C(=O)CN(c2ccccc2C)S(=O)(=O)c2ccccc2)cc1OC. The molecule has 1 amide bonds. The number of aryl methyl sites for hydroxylation is 1. The Balaban J connectivity index is 1.88. The summed E-state index contributed by atoms with van der Waals surface area (Å²) in [6.07, 6.45) is 0. The van der Waals surface area contributed by atoms with Gasteiger partial charge in [-0.1, -0.05) is 42.5 Å². The van der Waals surface area contributed by atoms with Crippen LogP contribution < -0.4 is 13.8 Å². The first-order chi connectivity index (χ1) is 15.8. The second-order valence-electron chi connectivity index (χ2n) is 7.55. The molecule has 174 valence electrons. The van der Waals surface area contributed by atoms with Gasteiger partial charge in [-0.25, -0.2) is 8.42 Å². The normalized spacial score (nSPS) is 11.0. The van der Waals surface area contributed by atoms with Crippen molar-refractivity contribution >= 4 is 21.6 Å². The number of ether oxygens (including phenoxy) is 2. The van der Waals surface area contributed by atoms with Crippen molar-refractivity contribution in [3.63, 3.8) is 0 Å². The number of methoxy groups -OCH3 is 2. The molecule has 0 atom stereocenters. The van der Waals surface area contributed by atoms with Crippen LogP contribution in [0.4, 0.5) is 5.69 Å². The van der Waals surface area contributed by atoms with Gasteiger partial charge >= 0.3 is 0 Å². The van der Waals surface area contributed by atoms with Crippen LogP contribution in [0, 0.1) is 6.92 Å². The van der Waals surface area contributed by atoms with Crippen LogP contribution >= 0.6 is 0 Å². The highest BCUT2D eigenvalue weighted by molar-refractivity contribution is 7.92. The fourth-order valence-corrected chi connectivity index (χ4v) is 4.95. The summed E-state index contributed by atoms with van der Waals surface area (Å²) < 4.78 is 38.7. The Kier molecular flexibility index (Phi) is 7.60. The molecule has 0 saturated carbocycles. The number of anilines is 1. The van der Waals surface area contributed by atoms with Gasteiger partial charge in [0.25, 0.3) is 10.0 Å². The van der Waals surface area contributed by atoms with E-state index in [1.165, 1.54) is 21.3 Å². The topological polar surface area (TPSA) is 76.2 Å². The lowest BCUT2D eigenvalue weighted by molar-refractivity contribution is -0.128. The molecule has 0 saturated heterocycles. The van der Waals surface area contributed by atoms with Gasteiger partial charge in [0.1, 0.15) is 6.54 Å². The van der Waals surface area contributed by atoms with Gasteiger partial charge in [-0.15, -0.1) is 0 Å². The van der Waals surface area contributed by atoms with Crippen molar-refractivity contribution in [2.24, 2.45) is 0 Å². The van der Waals surface area contributed by atoms with Gasteiger partial charge < -0.3 is 14.4 Å². The maximum absolute atomic E-state index is 13.5. The summed E-state index contributed by atoms with van der Waals surface area (Å²) >= 11 is 0. The molecule has 0 aliphatic carbocycles. The Morgan fingerprint density at radius 1 is 0.879 bits per heavy atom. The lowest BCUT2D eigenvalue weighted by Gasteiger charge is -2.28. The van der Waals surface area contributed by atoms with Crippen molar-refractivity contribution in [2.45, 2.75) is 18.4 Å². The highest BCUT2D eigenvalue weighted by atomic mass is 32.2. The summed E-state index contributed by atoms with van der Waals surface area (Å²) in [6.45, 7) is 1.78. The summed E-state index contributed by atoms with van der Waals surface area (Å²) in [6, 6.07) is 20.6. The van der Waals surface area contributed by atoms with Crippen LogP contribution in [-0.2, 0) is 21.4 Å². The maximum Gasteiger partial charge on any atom is 0.264 e. The minimum Gasteiger partial charge on any atom is -0.493 e. The summed E-state index contributed by atoms with van der Waals surface area (Å²) in [5.74, 6) is 0.812. The molecule has 3 rings (SSSR count). The number of hydrogen-bond acceptors (Lipinski definition) is 5. The number of likely N-dealkylation sites (N-methyl/N-ethyl adjacent to an activating group) is 1. The third-order valence-electron chi connectivity index (χ3n) is 5.29. The van der Waals surface area contributed by atoms with Gasteiger partial charge in [0.2, 0.25) is 5.91 Å². The second kappa shape index (κ2) is 10.4. The number of sulfonamides is 1. The quantitative estimate of drug-likeness (QED) is 0.477. The van der Waals surface area contributed by atoms with Crippen LogP contribution in [0.5, 0.6) is 11.5 Å². The van der Waals surface area contributed by atoms with Gasteiger partial charge in [-0.05, 0) is 48.4 Å². The Labute approximate surface area is 195 Å². The molecule has 8 heteroatoms. The van der Waals surface area contributed by atoms with Crippen molar-refractivity contribution in [1.29, 1.82) is 0 Å². The fraction of sp³-hybridized carbons (Fsp3) is 0.240. The van der Waals surface area contributed by atoms with E-state index in [2.05, 4.69) is 0 Å². The Morgan fingerprint density at radius 2 is 1.52 bits per heavy atom. The molecule has 3 aromatic carbocycles. The zero-order chi connectivity index (χ0) is 24.0. The van der Waals surface area contributed by atoms with Crippen molar-refractivity contribution in [2.75, 3.05) is 32.1 Å². The molecule has 0 aliphatic heterocycles. The number of hydrogen-bond donors (Lipinski definition) is 0. The molecular weight excluding hydrogens is 440 g/mol. The number of rotatable bonds is 9. The molecule has 0 aliphatic rings. The van der Waals surface area contributed by atoms with Crippen LogP contribution in [-0.4, -0.2) is 47.0 Å². The van der Waals surface area contributed by atoms with E-state index in [0.717, 1.165) is 11.1 Å². The minimum atomic E-state index is -3.95. The average molecular weight is 469 g/mol. The zero-order valence-corrected chi connectivity index (χ0v) is 20.0. The van der Waals surface area contributed by atoms with Crippen LogP contribution in [0.2, 0.25) is 0 Å². The van der Waals surface area contributed by atoms with Gasteiger partial charge in [0.05, 0.1) is 24.8 Å².